The third-order valence-electron chi connectivity index (χ3n) is 2.65. The first-order valence-corrected chi connectivity index (χ1v) is 7.42. The Morgan fingerprint density at radius 3 is 2.44 bits per heavy atom. The van der Waals surface area contributed by atoms with E-state index in [1.807, 2.05) is 24.3 Å². The van der Waals surface area contributed by atoms with Gasteiger partial charge in [0, 0.05) is 9.50 Å². The molecule has 0 saturated heterocycles. The number of hydrogen-bond acceptors (Lipinski definition) is 0. The van der Waals surface area contributed by atoms with Crippen LogP contribution in [-0.2, 0) is 0 Å². The Kier molecular flexibility index (Phi) is 4.46. The minimum absolute atomic E-state index is 0.00759. The van der Waals surface area contributed by atoms with E-state index < -0.39 is 0 Å². The average Bonchev–Trinajstić information content (AvgIpc) is 2.30. The highest BCUT2D eigenvalue weighted by molar-refractivity contribution is 9.10. The second kappa shape index (κ2) is 5.72. The molecule has 0 nitrogen and oxygen atoms in total. The maximum Gasteiger partial charge on any atom is 0.126 e. The summed E-state index contributed by atoms with van der Waals surface area (Å²) in [5.41, 5.74) is 2.67. The predicted octanol–water partition coefficient (Wildman–Crippen LogP) is 6.03. The molecule has 94 valence electrons. The highest BCUT2D eigenvalue weighted by atomic mass is 79.9. The molecule has 2 rings (SSSR count). The fraction of sp³-hybridized carbons (Fsp3) is 0.143. The highest BCUT2D eigenvalue weighted by Gasteiger charge is 2.13. The summed E-state index contributed by atoms with van der Waals surface area (Å²) < 4.78 is 14.2. The van der Waals surface area contributed by atoms with Crippen molar-refractivity contribution in [1.82, 2.24) is 0 Å². The van der Waals surface area contributed by atoms with Gasteiger partial charge in [0.2, 0.25) is 0 Å². The Morgan fingerprint density at radius 2 is 1.83 bits per heavy atom. The molecule has 0 heterocycles. The smallest absolute Gasteiger partial charge is 0.126 e. The Morgan fingerprint density at radius 1 is 1.11 bits per heavy atom. The zero-order chi connectivity index (χ0) is 13.3. The van der Waals surface area contributed by atoms with Crippen molar-refractivity contribution in [1.29, 1.82) is 0 Å². The first-order chi connectivity index (χ1) is 8.47. The third-order valence-corrected chi connectivity index (χ3v) is 4.39. The largest absolute Gasteiger partial charge is 0.207 e. The molecule has 0 amide bonds. The lowest BCUT2D eigenvalue weighted by Gasteiger charge is -2.13. The van der Waals surface area contributed by atoms with Crippen LogP contribution in [0.2, 0.25) is 5.02 Å². The van der Waals surface area contributed by atoms with E-state index in [2.05, 4.69) is 31.9 Å². The molecule has 0 fully saturated rings. The van der Waals surface area contributed by atoms with Gasteiger partial charge in [-0.05, 0) is 47.9 Å². The fourth-order valence-corrected chi connectivity index (χ4v) is 3.17. The Labute approximate surface area is 127 Å². The predicted molar refractivity (Wildman–Crippen MR) is 81.1 cm³/mol. The molecule has 2 aromatic rings. The van der Waals surface area contributed by atoms with Gasteiger partial charge in [0.05, 0.1) is 4.83 Å². The van der Waals surface area contributed by atoms with E-state index in [1.54, 1.807) is 13.0 Å². The summed E-state index contributed by atoms with van der Waals surface area (Å²) in [7, 11) is 0. The van der Waals surface area contributed by atoms with Crippen molar-refractivity contribution < 1.29 is 4.39 Å². The summed E-state index contributed by atoms with van der Waals surface area (Å²) in [6.07, 6.45) is 0. The van der Waals surface area contributed by atoms with Gasteiger partial charge in [-0.2, -0.15) is 0 Å². The normalized spacial score (nSPS) is 12.5. The summed E-state index contributed by atoms with van der Waals surface area (Å²) >= 11 is 13.1. The molecule has 0 N–H and O–H groups in total. The van der Waals surface area contributed by atoms with Crippen molar-refractivity contribution in [2.24, 2.45) is 0 Å². The van der Waals surface area contributed by atoms with Crippen molar-refractivity contribution >= 4 is 43.5 Å². The molecule has 0 saturated carbocycles. The molecule has 1 unspecified atom stereocenters. The van der Waals surface area contributed by atoms with Crippen LogP contribution in [0.5, 0.6) is 0 Å². The summed E-state index contributed by atoms with van der Waals surface area (Å²) in [4.78, 5) is -0.00759. The van der Waals surface area contributed by atoms with Crippen molar-refractivity contribution in [2.75, 3.05) is 0 Å². The first-order valence-electron chi connectivity index (χ1n) is 5.33. The lowest BCUT2D eigenvalue weighted by Crippen LogP contribution is -1.95. The van der Waals surface area contributed by atoms with E-state index in [-0.39, 0.29) is 10.6 Å². The van der Waals surface area contributed by atoms with Crippen LogP contribution in [-0.4, -0.2) is 0 Å². The minimum Gasteiger partial charge on any atom is -0.207 e. The lowest BCUT2D eigenvalue weighted by molar-refractivity contribution is 0.618. The van der Waals surface area contributed by atoms with Gasteiger partial charge in [-0.3, -0.25) is 0 Å². The molecule has 4 heteroatoms. The summed E-state index contributed by atoms with van der Waals surface area (Å²) in [5, 5.41) is 0.669. The van der Waals surface area contributed by atoms with E-state index in [4.69, 9.17) is 11.6 Å². The van der Waals surface area contributed by atoms with Crippen LogP contribution < -0.4 is 0 Å². The summed E-state index contributed by atoms with van der Waals surface area (Å²) in [6.45, 7) is 1.76. The fourth-order valence-electron chi connectivity index (χ4n) is 1.74. The maximum atomic E-state index is 13.2. The monoisotopic (exact) mass is 390 g/mol. The van der Waals surface area contributed by atoms with Crippen LogP contribution in [0.15, 0.2) is 40.9 Å². The molecule has 0 aliphatic rings. The van der Waals surface area contributed by atoms with Gasteiger partial charge >= 0.3 is 0 Å². The van der Waals surface area contributed by atoms with E-state index in [0.29, 0.717) is 10.6 Å². The highest BCUT2D eigenvalue weighted by Crippen LogP contribution is 2.34. The number of alkyl halides is 1. The Bertz CT molecular complexity index is 564. The lowest BCUT2D eigenvalue weighted by atomic mass is 10.0. The average molecular weight is 392 g/mol. The number of halogens is 4. The third kappa shape index (κ3) is 3.14. The molecule has 2 aromatic carbocycles. The van der Waals surface area contributed by atoms with Gasteiger partial charge in [-0.25, -0.2) is 4.39 Å². The number of benzene rings is 2. The Hall–Kier alpha value is -0.380. The van der Waals surface area contributed by atoms with E-state index in [9.17, 15) is 4.39 Å². The zero-order valence-corrected chi connectivity index (χ0v) is 13.5. The number of aryl methyl sites for hydroxylation is 1. The van der Waals surface area contributed by atoms with Crippen LogP contribution in [0, 0.1) is 12.7 Å². The van der Waals surface area contributed by atoms with Crippen molar-refractivity contribution in [3.8, 4) is 0 Å². The SMILES string of the molecule is Cc1cc(C(Br)c2cc(Cl)cc(Br)c2)ccc1F. The minimum atomic E-state index is -0.189. The molecule has 0 aliphatic carbocycles. The molecule has 0 aromatic heterocycles. The molecule has 1 atom stereocenters. The van der Waals surface area contributed by atoms with Crippen LogP contribution in [0.3, 0.4) is 0 Å². The van der Waals surface area contributed by atoms with Gasteiger partial charge in [-0.1, -0.05) is 55.6 Å². The molecule has 0 bridgehead atoms. The van der Waals surface area contributed by atoms with Gasteiger partial charge in [0.15, 0.2) is 0 Å². The van der Waals surface area contributed by atoms with Gasteiger partial charge < -0.3 is 0 Å². The number of rotatable bonds is 2. The van der Waals surface area contributed by atoms with Crippen LogP contribution >= 0.6 is 43.5 Å². The molecular formula is C14H10Br2ClF. The second-order valence-electron chi connectivity index (χ2n) is 4.07. The topological polar surface area (TPSA) is 0 Å². The van der Waals surface area contributed by atoms with Crippen molar-refractivity contribution in [3.63, 3.8) is 0 Å². The number of hydrogen-bond donors (Lipinski definition) is 0. The van der Waals surface area contributed by atoms with Crippen molar-refractivity contribution in [2.45, 2.75) is 11.8 Å². The van der Waals surface area contributed by atoms with Crippen LogP contribution in [0.25, 0.3) is 0 Å². The Balaban J connectivity index is 2.40. The molecular weight excluding hydrogens is 382 g/mol. The van der Waals surface area contributed by atoms with E-state index >= 15 is 0 Å². The van der Waals surface area contributed by atoms with Crippen LogP contribution in [0.1, 0.15) is 21.5 Å². The van der Waals surface area contributed by atoms with Crippen LogP contribution in [0.4, 0.5) is 4.39 Å². The second-order valence-corrected chi connectivity index (χ2v) is 6.34. The molecule has 0 aliphatic heterocycles. The standard InChI is InChI=1S/C14H10Br2ClF/c1-8-4-9(2-3-13(8)18)14(16)10-5-11(15)7-12(17)6-10/h2-7,14H,1H3. The van der Waals surface area contributed by atoms with E-state index in [1.165, 1.54) is 6.07 Å². The summed E-state index contributed by atoms with van der Waals surface area (Å²) in [5.74, 6) is -0.189. The quantitative estimate of drug-likeness (QED) is 0.547. The van der Waals surface area contributed by atoms with Crippen molar-refractivity contribution in [3.05, 3.63) is 68.4 Å². The van der Waals surface area contributed by atoms with E-state index in [0.717, 1.165) is 15.6 Å². The molecule has 18 heavy (non-hydrogen) atoms. The zero-order valence-electron chi connectivity index (χ0n) is 9.55. The summed E-state index contributed by atoms with van der Waals surface area (Å²) in [6, 6.07) is 10.8. The van der Waals surface area contributed by atoms with Gasteiger partial charge in [-0.15, -0.1) is 0 Å². The maximum absolute atomic E-state index is 13.2. The van der Waals surface area contributed by atoms with Gasteiger partial charge in [0.25, 0.3) is 0 Å². The molecule has 0 spiro atoms. The first kappa shape index (κ1) is 14.0. The molecule has 0 radical (unpaired) electrons. The van der Waals surface area contributed by atoms with Gasteiger partial charge in [0.1, 0.15) is 5.82 Å².